The summed E-state index contributed by atoms with van der Waals surface area (Å²) in [6, 6.07) is 0.0729. The first-order chi connectivity index (χ1) is 12.6. The number of methoxy groups -OCH3 is 1. The Morgan fingerprint density at radius 3 is 2.81 bits per heavy atom. The Kier molecular flexibility index (Phi) is 6.70. The lowest BCUT2D eigenvalue weighted by Crippen LogP contribution is -2.43. The van der Waals surface area contributed by atoms with Crippen molar-refractivity contribution in [3.8, 4) is 0 Å². The minimum Gasteiger partial charge on any atom is -0.383 e. The lowest BCUT2D eigenvalue weighted by Gasteiger charge is -2.33. The average Bonchev–Trinajstić information content (AvgIpc) is 3.04. The molecule has 1 atom stereocenters. The van der Waals surface area contributed by atoms with Gasteiger partial charge in [0.15, 0.2) is 0 Å². The van der Waals surface area contributed by atoms with Crippen LogP contribution in [0.25, 0.3) is 0 Å². The number of piperidine rings is 1. The molecule has 1 saturated heterocycles. The fourth-order valence-electron chi connectivity index (χ4n) is 4.22. The number of fused-ring (bicyclic) bond motifs is 1. The van der Waals surface area contributed by atoms with E-state index in [1.54, 1.807) is 7.11 Å². The highest BCUT2D eigenvalue weighted by atomic mass is 16.5. The van der Waals surface area contributed by atoms with Crippen LogP contribution >= 0.6 is 0 Å². The number of carbonyl (C=O) groups is 1. The van der Waals surface area contributed by atoms with E-state index >= 15 is 0 Å². The maximum atomic E-state index is 12.8. The molecule has 0 aromatic carbocycles. The van der Waals surface area contributed by atoms with Crippen molar-refractivity contribution in [2.24, 2.45) is 11.8 Å². The SMILES string of the molecule is COCCn1cc2c(n1)[C@H](NC(=O)C1CCN(CC(C)C)CC1)CCC2. The number of hydrogen-bond donors (Lipinski definition) is 1. The van der Waals surface area contributed by atoms with Gasteiger partial charge in [-0.15, -0.1) is 0 Å². The molecule has 6 nitrogen and oxygen atoms in total. The zero-order valence-corrected chi connectivity index (χ0v) is 16.5. The van der Waals surface area contributed by atoms with E-state index in [1.165, 1.54) is 5.56 Å². The lowest BCUT2D eigenvalue weighted by molar-refractivity contribution is -0.127. The van der Waals surface area contributed by atoms with Crippen LogP contribution in [0.2, 0.25) is 0 Å². The molecule has 0 bridgehead atoms. The van der Waals surface area contributed by atoms with Gasteiger partial charge in [-0.1, -0.05) is 13.8 Å². The smallest absolute Gasteiger partial charge is 0.223 e. The van der Waals surface area contributed by atoms with Gasteiger partial charge in [-0.2, -0.15) is 5.10 Å². The number of nitrogens with one attached hydrogen (secondary N) is 1. The second-order valence-electron chi connectivity index (χ2n) is 8.22. The Balaban J connectivity index is 1.55. The van der Waals surface area contributed by atoms with Gasteiger partial charge < -0.3 is 15.0 Å². The van der Waals surface area contributed by atoms with Crippen LogP contribution in [0.15, 0.2) is 6.20 Å². The van der Waals surface area contributed by atoms with Gasteiger partial charge >= 0.3 is 0 Å². The molecule has 1 aliphatic carbocycles. The molecule has 1 aromatic heterocycles. The molecule has 1 N–H and O–H groups in total. The van der Waals surface area contributed by atoms with Crippen LogP contribution in [0.1, 0.15) is 56.8 Å². The number of ether oxygens (including phenoxy) is 1. The highest BCUT2D eigenvalue weighted by Gasteiger charge is 2.30. The largest absolute Gasteiger partial charge is 0.383 e. The summed E-state index contributed by atoms with van der Waals surface area (Å²) >= 11 is 0. The minimum absolute atomic E-state index is 0.0729. The number of nitrogens with zero attached hydrogens (tertiary/aromatic N) is 3. The van der Waals surface area contributed by atoms with E-state index < -0.39 is 0 Å². The van der Waals surface area contributed by atoms with Crippen LogP contribution in [0.3, 0.4) is 0 Å². The third kappa shape index (κ3) is 4.86. The predicted octanol–water partition coefficient (Wildman–Crippen LogP) is 2.39. The normalized spacial score (nSPS) is 21.8. The summed E-state index contributed by atoms with van der Waals surface area (Å²) in [6.07, 6.45) is 7.23. The van der Waals surface area contributed by atoms with Gasteiger partial charge in [-0.25, -0.2) is 0 Å². The Bertz CT molecular complexity index is 591. The molecule has 2 aliphatic rings. The Labute approximate surface area is 157 Å². The number of aryl methyl sites for hydroxylation is 1. The molecule has 2 heterocycles. The van der Waals surface area contributed by atoms with E-state index in [1.807, 2.05) is 4.68 Å². The molecule has 3 rings (SSSR count). The van der Waals surface area contributed by atoms with Crippen molar-refractivity contribution in [1.82, 2.24) is 20.0 Å². The minimum atomic E-state index is 0.0729. The summed E-state index contributed by atoms with van der Waals surface area (Å²) < 4.78 is 7.11. The predicted molar refractivity (Wildman–Crippen MR) is 102 cm³/mol. The topological polar surface area (TPSA) is 59.4 Å². The average molecular weight is 363 g/mol. The molecule has 0 radical (unpaired) electrons. The Hall–Kier alpha value is -1.40. The monoisotopic (exact) mass is 362 g/mol. The highest BCUT2D eigenvalue weighted by molar-refractivity contribution is 5.79. The van der Waals surface area contributed by atoms with E-state index in [4.69, 9.17) is 9.84 Å². The van der Waals surface area contributed by atoms with Crippen molar-refractivity contribution in [1.29, 1.82) is 0 Å². The molecule has 1 fully saturated rings. The summed E-state index contributed by atoms with van der Waals surface area (Å²) in [4.78, 5) is 15.3. The van der Waals surface area contributed by atoms with Gasteiger partial charge in [0, 0.05) is 25.8 Å². The van der Waals surface area contributed by atoms with Gasteiger partial charge in [0.2, 0.25) is 5.91 Å². The van der Waals surface area contributed by atoms with Crippen LogP contribution < -0.4 is 5.32 Å². The zero-order chi connectivity index (χ0) is 18.5. The third-order valence-electron chi connectivity index (χ3n) is 5.56. The van der Waals surface area contributed by atoms with E-state index in [9.17, 15) is 4.79 Å². The van der Waals surface area contributed by atoms with Crippen molar-refractivity contribution in [3.63, 3.8) is 0 Å². The van der Waals surface area contributed by atoms with Gasteiger partial charge in [-0.3, -0.25) is 9.48 Å². The lowest BCUT2D eigenvalue weighted by atomic mass is 9.91. The van der Waals surface area contributed by atoms with E-state index in [2.05, 4.69) is 30.3 Å². The molecule has 0 saturated carbocycles. The second kappa shape index (κ2) is 9.00. The quantitative estimate of drug-likeness (QED) is 0.809. The van der Waals surface area contributed by atoms with Crippen molar-refractivity contribution in [2.45, 2.75) is 58.5 Å². The van der Waals surface area contributed by atoms with Gasteiger partial charge in [0.05, 0.1) is 24.9 Å². The number of amides is 1. The number of aromatic nitrogens is 2. The summed E-state index contributed by atoms with van der Waals surface area (Å²) in [5.74, 6) is 1.06. The molecule has 1 aliphatic heterocycles. The maximum absolute atomic E-state index is 12.8. The molecule has 146 valence electrons. The first kappa shape index (κ1) is 19.4. The molecular formula is C20H34N4O2. The van der Waals surface area contributed by atoms with Gasteiger partial charge in [0.25, 0.3) is 0 Å². The molecule has 1 aromatic rings. The summed E-state index contributed by atoms with van der Waals surface area (Å²) in [7, 11) is 1.71. The van der Waals surface area contributed by atoms with Crippen LogP contribution in [0, 0.1) is 11.8 Å². The van der Waals surface area contributed by atoms with Crippen LogP contribution in [-0.4, -0.2) is 53.9 Å². The molecular weight excluding hydrogens is 328 g/mol. The highest BCUT2D eigenvalue weighted by Crippen LogP contribution is 2.29. The van der Waals surface area contributed by atoms with Gasteiger partial charge in [-0.05, 0) is 56.7 Å². The summed E-state index contributed by atoms with van der Waals surface area (Å²) in [6.45, 7) is 9.15. The van der Waals surface area contributed by atoms with Crippen molar-refractivity contribution in [2.75, 3.05) is 33.4 Å². The first-order valence-electron chi connectivity index (χ1n) is 10.1. The molecule has 0 spiro atoms. The maximum Gasteiger partial charge on any atom is 0.223 e. The van der Waals surface area contributed by atoms with Crippen molar-refractivity contribution < 1.29 is 9.53 Å². The van der Waals surface area contributed by atoms with Crippen LogP contribution in [0.4, 0.5) is 0 Å². The number of carbonyl (C=O) groups excluding carboxylic acids is 1. The number of hydrogen-bond acceptors (Lipinski definition) is 4. The summed E-state index contributed by atoms with van der Waals surface area (Å²) in [5.41, 5.74) is 2.35. The third-order valence-corrected chi connectivity index (χ3v) is 5.56. The van der Waals surface area contributed by atoms with Crippen molar-refractivity contribution in [3.05, 3.63) is 17.5 Å². The summed E-state index contributed by atoms with van der Waals surface area (Å²) in [5, 5.41) is 8.03. The molecule has 6 heteroatoms. The standard InChI is InChI=1S/C20H34N4O2/c1-15(2)13-23-9-7-16(8-10-23)20(25)21-18-6-4-5-17-14-24(11-12-26-3)22-19(17)18/h14-16,18H,4-13H2,1-3H3,(H,21,25)/t18-/m1/s1. The molecule has 0 unspecified atom stereocenters. The fourth-order valence-corrected chi connectivity index (χ4v) is 4.22. The number of rotatable bonds is 7. The number of likely N-dealkylation sites (tertiary alicyclic amines) is 1. The Morgan fingerprint density at radius 1 is 1.35 bits per heavy atom. The van der Waals surface area contributed by atoms with Gasteiger partial charge in [0.1, 0.15) is 0 Å². The van der Waals surface area contributed by atoms with Crippen LogP contribution in [-0.2, 0) is 22.5 Å². The second-order valence-corrected chi connectivity index (χ2v) is 8.22. The Morgan fingerprint density at radius 2 is 2.12 bits per heavy atom. The van der Waals surface area contributed by atoms with E-state index in [0.717, 1.165) is 64.0 Å². The molecule has 26 heavy (non-hydrogen) atoms. The van der Waals surface area contributed by atoms with E-state index in [-0.39, 0.29) is 17.9 Å². The van der Waals surface area contributed by atoms with E-state index in [0.29, 0.717) is 12.5 Å². The van der Waals surface area contributed by atoms with Crippen LogP contribution in [0.5, 0.6) is 0 Å². The first-order valence-corrected chi connectivity index (χ1v) is 10.1. The fraction of sp³-hybridized carbons (Fsp3) is 0.800. The zero-order valence-electron chi connectivity index (χ0n) is 16.5. The van der Waals surface area contributed by atoms with Crippen molar-refractivity contribution >= 4 is 5.91 Å². The molecule has 1 amide bonds.